The van der Waals surface area contributed by atoms with Gasteiger partial charge in [0.25, 0.3) is 0 Å². The smallest absolute Gasteiger partial charge is 0.158 e. The van der Waals surface area contributed by atoms with E-state index in [9.17, 15) is 4.79 Å². The Morgan fingerprint density at radius 1 is 1.33 bits per heavy atom. The lowest BCUT2D eigenvalue weighted by Crippen LogP contribution is -1.93. The van der Waals surface area contributed by atoms with Gasteiger partial charge in [0.1, 0.15) is 5.75 Å². The molecule has 0 bridgehead atoms. The number of methoxy groups -OCH3 is 1. The van der Waals surface area contributed by atoms with E-state index >= 15 is 0 Å². The molecule has 1 fully saturated rings. The fourth-order valence-electron chi connectivity index (χ4n) is 1.40. The number of benzene rings is 1. The Hall–Kier alpha value is -1.57. The second-order valence-corrected chi connectivity index (χ2v) is 3.78. The van der Waals surface area contributed by atoms with Crippen molar-refractivity contribution < 1.29 is 9.53 Å². The van der Waals surface area contributed by atoms with E-state index in [1.165, 1.54) is 0 Å². The quantitative estimate of drug-likeness (QED) is 0.702. The zero-order valence-electron chi connectivity index (χ0n) is 8.77. The Morgan fingerprint density at radius 3 is 2.53 bits per heavy atom. The molecule has 0 radical (unpaired) electrons. The monoisotopic (exact) mass is 202 g/mol. The molecule has 2 heteroatoms. The molecule has 2 rings (SSSR count). The SMILES string of the molecule is COc1ccc(/C=C/C(=O)C2CC2)cc1. The summed E-state index contributed by atoms with van der Waals surface area (Å²) in [6, 6.07) is 7.66. The molecule has 0 unspecified atom stereocenters. The van der Waals surface area contributed by atoms with E-state index in [1.807, 2.05) is 30.3 Å². The van der Waals surface area contributed by atoms with E-state index < -0.39 is 0 Å². The van der Waals surface area contributed by atoms with Crippen LogP contribution in [0.25, 0.3) is 6.08 Å². The maximum atomic E-state index is 11.4. The third-order valence-corrected chi connectivity index (χ3v) is 2.54. The fourth-order valence-corrected chi connectivity index (χ4v) is 1.40. The highest BCUT2D eigenvalue weighted by Gasteiger charge is 2.27. The summed E-state index contributed by atoms with van der Waals surface area (Å²) >= 11 is 0. The highest BCUT2D eigenvalue weighted by Crippen LogP contribution is 2.30. The zero-order chi connectivity index (χ0) is 10.7. The minimum Gasteiger partial charge on any atom is -0.497 e. The first kappa shape index (κ1) is 9.97. The molecule has 78 valence electrons. The molecule has 0 N–H and O–H groups in total. The summed E-state index contributed by atoms with van der Waals surface area (Å²) in [5, 5.41) is 0. The fraction of sp³-hybridized carbons (Fsp3) is 0.308. The lowest BCUT2D eigenvalue weighted by Gasteiger charge is -1.98. The van der Waals surface area contributed by atoms with E-state index in [-0.39, 0.29) is 5.78 Å². The third-order valence-electron chi connectivity index (χ3n) is 2.54. The summed E-state index contributed by atoms with van der Waals surface area (Å²) in [4.78, 5) is 11.4. The Labute approximate surface area is 89.6 Å². The van der Waals surface area contributed by atoms with Crippen LogP contribution in [0.4, 0.5) is 0 Å². The first-order chi connectivity index (χ1) is 7.29. The van der Waals surface area contributed by atoms with Crippen LogP contribution in [0, 0.1) is 5.92 Å². The van der Waals surface area contributed by atoms with Gasteiger partial charge in [-0.15, -0.1) is 0 Å². The van der Waals surface area contributed by atoms with Gasteiger partial charge in [0.2, 0.25) is 0 Å². The van der Waals surface area contributed by atoms with Gasteiger partial charge in [-0.2, -0.15) is 0 Å². The molecule has 1 aliphatic carbocycles. The Bertz CT molecular complexity index is 372. The van der Waals surface area contributed by atoms with Gasteiger partial charge in [0, 0.05) is 5.92 Å². The van der Waals surface area contributed by atoms with Gasteiger partial charge in [-0.05, 0) is 36.6 Å². The van der Waals surface area contributed by atoms with Crippen LogP contribution in [0.2, 0.25) is 0 Å². The standard InChI is InChI=1S/C13H14O2/c1-15-12-7-2-10(3-8-12)4-9-13(14)11-5-6-11/h2-4,7-9,11H,5-6H2,1H3/b9-4+. The molecule has 1 saturated carbocycles. The maximum absolute atomic E-state index is 11.4. The minimum atomic E-state index is 0.255. The lowest BCUT2D eigenvalue weighted by atomic mass is 10.1. The molecule has 1 aliphatic rings. The van der Waals surface area contributed by atoms with Gasteiger partial charge < -0.3 is 4.74 Å². The van der Waals surface area contributed by atoms with E-state index in [2.05, 4.69) is 0 Å². The maximum Gasteiger partial charge on any atom is 0.158 e. The molecule has 2 nitrogen and oxygen atoms in total. The van der Waals surface area contributed by atoms with E-state index in [0.29, 0.717) is 5.92 Å². The Balaban J connectivity index is 2.00. The molecule has 0 spiro atoms. The Morgan fingerprint density at radius 2 is 2.00 bits per heavy atom. The van der Waals surface area contributed by atoms with Gasteiger partial charge in [0.05, 0.1) is 7.11 Å². The molecule has 0 atom stereocenters. The van der Waals surface area contributed by atoms with Crippen LogP contribution < -0.4 is 4.74 Å². The van der Waals surface area contributed by atoms with Crippen molar-refractivity contribution in [1.82, 2.24) is 0 Å². The van der Waals surface area contributed by atoms with E-state index in [4.69, 9.17) is 4.74 Å². The molecular weight excluding hydrogens is 188 g/mol. The van der Waals surface area contributed by atoms with Crippen LogP contribution in [0.15, 0.2) is 30.3 Å². The molecule has 0 amide bonds. The predicted molar refractivity (Wildman–Crippen MR) is 59.8 cm³/mol. The summed E-state index contributed by atoms with van der Waals surface area (Å²) in [5.74, 6) is 1.39. The van der Waals surface area contributed by atoms with Crippen molar-refractivity contribution in [2.45, 2.75) is 12.8 Å². The van der Waals surface area contributed by atoms with Crippen LogP contribution in [0.3, 0.4) is 0 Å². The van der Waals surface area contributed by atoms with Crippen molar-refractivity contribution in [1.29, 1.82) is 0 Å². The highest BCUT2D eigenvalue weighted by molar-refractivity contribution is 5.96. The third kappa shape index (κ3) is 2.69. The summed E-state index contributed by atoms with van der Waals surface area (Å²) < 4.78 is 5.05. The molecule has 1 aromatic carbocycles. The second-order valence-electron chi connectivity index (χ2n) is 3.78. The van der Waals surface area contributed by atoms with Crippen LogP contribution in [-0.2, 0) is 4.79 Å². The van der Waals surface area contributed by atoms with Crippen molar-refractivity contribution in [3.8, 4) is 5.75 Å². The largest absolute Gasteiger partial charge is 0.497 e. The number of ketones is 1. The van der Waals surface area contributed by atoms with E-state index in [1.54, 1.807) is 13.2 Å². The topological polar surface area (TPSA) is 26.3 Å². The summed E-state index contributed by atoms with van der Waals surface area (Å²) in [5.41, 5.74) is 1.03. The van der Waals surface area contributed by atoms with Crippen molar-refractivity contribution in [2.24, 2.45) is 5.92 Å². The Kier molecular flexibility index (Phi) is 2.86. The first-order valence-corrected chi connectivity index (χ1v) is 5.15. The number of carbonyl (C=O) groups excluding carboxylic acids is 1. The number of rotatable bonds is 4. The van der Waals surface area contributed by atoms with Gasteiger partial charge >= 0.3 is 0 Å². The summed E-state index contributed by atoms with van der Waals surface area (Å²) in [6.45, 7) is 0. The highest BCUT2D eigenvalue weighted by atomic mass is 16.5. The number of carbonyl (C=O) groups is 1. The van der Waals surface area contributed by atoms with Crippen LogP contribution >= 0.6 is 0 Å². The predicted octanol–water partition coefficient (Wildman–Crippen LogP) is 2.69. The van der Waals surface area contributed by atoms with Gasteiger partial charge in [-0.25, -0.2) is 0 Å². The molecule has 0 aromatic heterocycles. The molecule has 1 aromatic rings. The first-order valence-electron chi connectivity index (χ1n) is 5.15. The van der Waals surface area contributed by atoms with Gasteiger partial charge in [-0.1, -0.05) is 18.2 Å². The van der Waals surface area contributed by atoms with Crippen LogP contribution in [0.5, 0.6) is 5.75 Å². The molecule has 0 heterocycles. The summed E-state index contributed by atoms with van der Waals surface area (Å²) in [7, 11) is 1.64. The van der Waals surface area contributed by atoms with E-state index in [0.717, 1.165) is 24.2 Å². The number of hydrogen-bond acceptors (Lipinski definition) is 2. The van der Waals surface area contributed by atoms with Crippen LogP contribution in [0.1, 0.15) is 18.4 Å². The molecular formula is C13H14O2. The number of allylic oxidation sites excluding steroid dienone is 1. The lowest BCUT2D eigenvalue weighted by molar-refractivity contribution is -0.115. The minimum absolute atomic E-state index is 0.255. The zero-order valence-corrected chi connectivity index (χ0v) is 8.77. The number of ether oxygens (including phenoxy) is 1. The molecule has 15 heavy (non-hydrogen) atoms. The number of hydrogen-bond donors (Lipinski definition) is 0. The normalized spacial score (nSPS) is 15.5. The van der Waals surface area contributed by atoms with Crippen molar-refractivity contribution in [3.05, 3.63) is 35.9 Å². The molecule has 0 saturated heterocycles. The van der Waals surface area contributed by atoms with Gasteiger partial charge in [-0.3, -0.25) is 4.79 Å². The van der Waals surface area contributed by atoms with Gasteiger partial charge in [0.15, 0.2) is 5.78 Å². The van der Waals surface area contributed by atoms with Crippen molar-refractivity contribution in [2.75, 3.05) is 7.11 Å². The van der Waals surface area contributed by atoms with Crippen molar-refractivity contribution in [3.63, 3.8) is 0 Å². The van der Waals surface area contributed by atoms with Crippen LogP contribution in [-0.4, -0.2) is 12.9 Å². The average molecular weight is 202 g/mol. The average Bonchev–Trinajstić information content (AvgIpc) is 3.10. The van der Waals surface area contributed by atoms with Crippen molar-refractivity contribution >= 4 is 11.9 Å². The molecule has 0 aliphatic heterocycles. The summed E-state index contributed by atoms with van der Waals surface area (Å²) in [6.07, 6.45) is 5.66. The second kappa shape index (κ2) is 4.30.